The lowest BCUT2D eigenvalue weighted by Crippen LogP contribution is -2.32. The van der Waals surface area contributed by atoms with Gasteiger partial charge >= 0.3 is 0 Å². The van der Waals surface area contributed by atoms with Gasteiger partial charge < -0.3 is 0 Å². The Morgan fingerprint density at radius 1 is 1.43 bits per heavy atom. The first kappa shape index (κ1) is 5.56. The zero-order chi connectivity index (χ0) is 5.44. The van der Waals surface area contributed by atoms with Crippen LogP contribution in [0, 0.1) is 11.8 Å². The highest BCUT2D eigenvalue weighted by molar-refractivity contribution is 7.17. The van der Waals surface area contributed by atoms with Crippen LogP contribution < -0.4 is 0 Å². The van der Waals surface area contributed by atoms with Gasteiger partial charge in [0.25, 0.3) is 0 Å². The lowest BCUT2D eigenvalue weighted by atomic mass is 9.76. The van der Waals surface area contributed by atoms with Gasteiger partial charge in [-0.2, -0.15) is 0 Å². The minimum atomic E-state index is 0.926. The normalized spacial score (nSPS) is 51.0. The monoisotopic (exact) mass is 116 g/mol. The van der Waals surface area contributed by atoms with Crippen LogP contribution in [-0.4, -0.2) is 5.66 Å². The van der Waals surface area contributed by atoms with Crippen molar-refractivity contribution in [1.29, 1.82) is 0 Å². The van der Waals surface area contributed by atoms with E-state index in [4.69, 9.17) is 0 Å². The zero-order valence-corrected chi connectivity index (χ0v) is 6.17. The van der Waals surface area contributed by atoms with Crippen LogP contribution in [0.3, 0.4) is 0 Å². The molecular weight excluding hydrogens is 103 g/mol. The Bertz CT molecular complexity index is 62.6. The lowest BCUT2D eigenvalue weighted by molar-refractivity contribution is 0.232. The highest BCUT2D eigenvalue weighted by Gasteiger charge is 2.30. The Balaban J connectivity index is 2.29. The molecule has 7 heavy (non-hydrogen) atoms. The summed E-state index contributed by atoms with van der Waals surface area (Å²) in [7, 11) is 2.88. The summed E-state index contributed by atoms with van der Waals surface area (Å²) in [4.78, 5) is 0. The molecule has 42 valence electrons. The predicted molar refractivity (Wildman–Crippen MR) is 36.4 cm³/mol. The maximum absolute atomic E-state index is 2.88. The second-order valence-electron chi connectivity index (χ2n) is 2.74. The van der Waals surface area contributed by atoms with E-state index in [2.05, 4.69) is 23.1 Å². The van der Waals surface area contributed by atoms with Crippen LogP contribution in [0.4, 0.5) is 0 Å². The van der Waals surface area contributed by atoms with Gasteiger partial charge in [0.2, 0.25) is 0 Å². The molecule has 4 unspecified atom stereocenters. The Labute approximate surface area is 47.9 Å². The van der Waals surface area contributed by atoms with E-state index in [1.807, 2.05) is 0 Å². The van der Waals surface area contributed by atoms with E-state index in [0.717, 1.165) is 17.5 Å². The third kappa shape index (κ3) is 0.817. The van der Waals surface area contributed by atoms with Crippen molar-refractivity contribution in [3.8, 4) is 0 Å². The number of rotatable bonds is 0. The Hall–Kier alpha value is 0.430. The molecule has 0 aliphatic heterocycles. The molecule has 0 radical (unpaired) electrons. The summed E-state index contributed by atoms with van der Waals surface area (Å²) < 4.78 is 0. The summed E-state index contributed by atoms with van der Waals surface area (Å²) in [6.07, 6.45) is 1.42. The van der Waals surface area contributed by atoms with E-state index in [0.29, 0.717) is 0 Å². The fourth-order valence-electron chi connectivity index (χ4n) is 1.08. The average Bonchev–Trinajstić information content (AvgIpc) is 1.68. The van der Waals surface area contributed by atoms with Crippen molar-refractivity contribution in [1.82, 2.24) is 0 Å². The topological polar surface area (TPSA) is 0 Å². The highest BCUT2D eigenvalue weighted by atomic mass is 31.0. The van der Waals surface area contributed by atoms with Crippen molar-refractivity contribution in [2.24, 2.45) is 11.8 Å². The van der Waals surface area contributed by atoms with Crippen molar-refractivity contribution in [2.45, 2.75) is 25.9 Å². The molecule has 0 aromatic carbocycles. The van der Waals surface area contributed by atoms with Crippen molar-refractivity contribution < 1.29 is 0 Å². The quantitative estimate of drug-likeness (QED) is 0.424. The molecule has 0 aromatic heterocycles. The summed E-state index contributed by atoms with van der Waals surface area (Å²) in [5.74, 6) is 1.95. The number of hydrogen-bond acceptors (Lipinski definition) is 0. The SMILES string of the molecule is CC1CC(P)C1C. The van der Waals surface area contributed by atoms with E-state index in [1.165, 1.54) is 6.42 Å². The molecule has 1 fully saturated rings. The summed E-state index contributed by atoms with van der Waals surface area (Å²) in [5.41, 5.74) is 0.926. The Morgan fingerprint density at radius 2 is 2.00 bits per heavy atom. The zero-order valence-electron chi connectivity index (χ0n) is 5.02. The van der Waals surface area contributed by atoms with Crippen molar-refractivity contribution >= 4 is 9.24 Å². The third-order valence-corrected chi connectivity index (χ3v) is 3.10. The van der Waals surface area contributed by atoms with E-state index in [-0.39, 0.29) is 0 Å². The van der Waals surface area contributed by atoms with E-state index >= 15 is 0 Å². The largest absolute Gasteiger partial charge is 0.134 e. The smallest absolute Gasteiger partial charge is 0.0233 e. The molecule has 0 saturated heterocycles. The van der Waals surface area contributed by atoms with Crippen molar-refractivity contribution in [3.63, 3.8) is 0 Å². The molecule has 0 nitrogen and oxygen atoms in total. The molecule has 0 heterocycles. The molecule has 0 spiro atoms. The molecule has 4 atom stereocenters. The standard InChI is InChI=1S/C6H13P/c1-4-3-6(7)5(4)2/h4-6H,3,7H2,1-2H3. The van der Waals surface area contributed by atoms with Crippen LogP contribution in [0.1, 0.15) is 20.3 Å². The maximum atomic E-state index is 2.88. The maximum Gasteiger partial charge on any atom is -0.0233 e. The van der Waals surface area contributed by atoms with Gasteiger partial charge in [0.1, 0.15) is 0 Å². The molecule has 0 aromatic rings. The number of hydrogen-bond donors (Lipinski definition) is 0. The van der Waals surface area contributed by atoms with Gasteiger partial charge in [-0.15, -0.1) is 9.24 Å². The fraction of sp³-hybridized carbons (Fsp3) is 1.00. The van der Waals surface area contributed by atoms with Crippen molar-refractivity contribution in [2.75, 3.05) is 0 Å². The highest BCUT2D eigenvalue weighted by Crippen LogP contribution is 2.38. The van der Waals surface area contributed by atoms with Crippen molar-refractivity contribution in [3.05, 3.63) is 0 Å². The van der Waals surface area contributed by atoms with Crippen LogP contribution in [-0.2, 0) is 0 Å². The van der Waals surface area contributed by atoms with E-state index in [1.54, 1.807) is 0 Å². The predicted octanol–water partition coefficient (Wildman–Crippen LogP) is 1.91. The molecule has 0 amide bonds. The van der Waals surface area contributed by atoms with Crippen LogP contribution in [0.5, 0.6) is 0 Å². The van der Waals surface area contributed by atoms with Crippen LogP contribution >= 0.6 is 9.24 Å². The summed E-state index contributed by atoms with van der Waals surface area (Å²) in [6.45, 7) is 4.65. The molecule has 1 heteroatoms. The van der Waals surface area contributed by atoms with Gasteiger partial charge in [0, 0.05) is 0 Å². The molecule has 1 aliphatic carbocycles. The molecule has 1 aliphatic rings. The minimum absolute atomic E-state index is 0.926. The lowest BCUT2D eigenvalue weighted by Gasteiger charge is -2.37. The Morgan fingerprint density at radius 3 is 2.00 bits per heavy atom. The summed E-state index contributed by atoms with van der Waals surface area (Å²) in [6, 6.07) is 0. The average molecular weight is 116 g/mol. The molecule has 1 saturated carbocycles. The first-order valence-corrected chi connectivity index (χ1v) is 3.64. The van der Waals surface area contributed by atoms with E-state index < -0.39 is 0 Å². The van der Waals surface area contributed by atoms with Crippen LogP contribution in [0.25, 0.3) is 0 Å². The Kier molecular flexibility index (Phi) is 1.39. The van der Waals surface area contributed by atoms with Gasteiger partial charge in [0.05, 0.1) is 0 Å². The second-order valence-corrected chi connectivity index (χ2v) is 3.59. The third-order valence-electron chi connectivity index (χ3n) is 2.22. The molecule has 1 rings (SSSR count). The first-order valence-electron chi connectivity index (χ1n) is 2.97. The van der Waals surface area contributed by atoms with Crippen LogP contribution in [0.15, 0.2) is 0 Å². The van der Waals surface area contributed by atoms with Gasteiger partial charge in [-0.3, -0.25) is 0 Å². The molecule has 0 N–H and O–H groups in total. The second kappa shape index (κ2) is 1.74. The van der Waals surface area contributed by atoms with E-state index in [9.17, 15) is 0 Å². The molecule has 0 bridgehead atoms. The van der Waals surface area contributed by atoms with Gasteiger partial charge in [-0.05, 0) is 23.9 Å². The summed E-state index contributed by atoms with van der Waals surface area (Å²) in [5, 5.41) is 0. The fourth-order valence-corrected chi connectivity index (χ4v) is 1.89. The van der Waals surface area contributed by atoms with Gasteiger partial charge in [-0.1, -0.05) is 13.8 Å². The van der Waals surface area contributed by atoms with Gasteiger partial charge in [0.15, 0.2) is 0 Å². The van der Waals surface area contributed by atoms with Crippen LogP contribution in [0.2, 0.25) is 0 Å². The first-order chi connectivity index (χ1) is 3.22. The summed E-state index contributed by atoms with van der Waals surface area (Å²) >= 11 is 0. The molecular formula is C6H13P. The van der Waals surface area contributed by atoms with Gasteiger partial charge in [-0.25, -0.2) is 0 Å². The minimum Gasteiger partial charge on any atom is -0.134 e.